The monoisotopic (exact) mass is 170 g/mol. The maximum absolute atomic E-state index is 9.08. The number of rotatable bonds is 7. The van der Waals surface area contributed by atoms with Crippen LogP contribution < -0.4 is 0 Å². The highest BCUT2D eigenvalue weighted by molar-refractivity contribution is 4.86. The fourth-order valence-corrected chi connectivity index (χ4v) is 0.605. The van der Waals surface area contributed by atoms with Crippen molar-refractivity contribution < 1.29 is 14.6 Å². The van der Waals surface area contributed by atoms with Gasteiger partial charge in [-0.15, -0.1) is 12.3 Å². The van der Waals surface area contributed by atoms with Gasteiger partial charge in [0.15, 0.2) is 0 Å². The van der Waals surface area contributed by atoms with Gasteiger partial charge in [0, 0.05) is 6.42 Å². The molecular formula is C9H14O3. The fraction of sp³-hybridized carbons (Fsp3) is 0.556. The van der Waals surface area contributed by atoms with Gasteiger partial charge < -0.3 is 14.6 Å². The Labute approximate surface area is 73.0 Å². The van der Waals surface area contributed by atoms with Crippen LogP contribution in [0.1, 0.15) is 6.42 Å². The lowest BCUT2D eigenvalue weighted by molar-refractivity contribution is 0.0212. The molecule has 3 heteroatoms. The maximum atomic E-state index is 9.08. The third kappa shape index (κ3) is 7.13. The lowest BCUT2D eigenvalue weighted by Gasteiger charge is -2.07. The number of hydrogen-bond donors (Lipinski definition) is 1. The maximum Gasteiger partial charge on any atom is 0.111 e. The van der Waals surface area contributed by atoms with Crippen molar-refractivity contribution in [3.8, 4) is 12.3 Å². The van der Waals surface area contributed by atoms with Crippen LogP contribution in [0.15, 0.2) is 12.8 Å². The van der Waals surface area contributed by atoms with Gasteiger partial charge in [0.05, 0.1) is 25.6 Å². The van der Waals surface area contributed by atoms with Gasteiger partial charge in [-0.1, -0.05) is 6.58 Å². The molecule has 0 saturated heterocycles. The van der Waals surface area contributed by atoms with E-state index in [1.54, 1.807) is 0 Å². The van der Waals surface area contributed by atoms with E-state index >= 15 is 0 Å². The molecule has 0 saturated carbocycles. The Kier molecular flexibility index (Phi) is 7.46. The van der Waals surface area contributed by atoms with Gasteiger partial charge in [-0.3, -0.25) is 0 Å². The Hall–Kier alpha value is -0.980. The average Bonchev–Trinajstić information content (AvgIpc) is 2.05. The van der Waals surface area contributed by atoms with Gasteiger partial charge in [0.25, 0.3) is 0 Å². The molecule has 0 spiro atoms. The summed E-state index contributed by atoms with van der Waals surface area (Å²) in [6, 6.07) is 0. The highest BCUT2D eigenvalue weighted by Gasteiger charge is 2.00. The lowest BCUT2D eigenvalue weighted by atomic mass is 10.3. The Morgan fingerprint density at radius 1 is 1.58 bits per heavy atom. The molecule has 0 amide bonds. The topological polar surface area (TPSA) is 38.7 Å². The summed E-state index contributed by atoms with van der Waals surface area (Å²) in [6.07, 6.45) is 6.08. The molecule has 0 heterocycles. The van der Waals surface area contributed by atoms with Crippen LogP contribution in [0.4, 0.5) is 0 Å². The zero-order chi connectivity index (χ0) is 9.23. The lowest BCUT2D eigenvalue weighted by Crippen LogP contribution is -2.16. The van der Waals surface area contributed by atoms with E-state index in [-0.39, 0.29) is 6.61 Å². The average molecular weight is 170 g/mol. The van der Waals surface area contributed by atoms with Gasteiger partial charge in [-0.05, 0) is 0 Å². The molecule has 68 valence electrons. The van der Waals surface area contributed by atoms with Crippen LogP contribution in [-0.4, -0.2) is 31.0 Å². The largest absolute Gasteiger partial charge is 0.499 e. The molecule has 0 aromatic heterocycles. The first-order chi connectivity index (χ1) is 5.81. The van der Waals surface area contributed by atoms with Crippen molar-refractivity contribution in [2.24, 2.45) is 0 Å². The standard InChI is InChI=1S/C9H14O3/c1-3-5-9(10)8-12-7-6-11-4-2/h1,4,9-10H,2,5-8H2. The molecule has 0 aliphatic rings. The molecular weight excluding hydrogens is 156 g/mol. The molecule has 1 N–H and O–H groups in total. The third-order valence-electron chi connectivity index (χ3n) is 1.13. The van der Waals surface area contributed by atoms with Crippen LogP contribution in [0, 0.1) is 12.3 Å². The molecule has 0 bridgehead atoms. The van der Waals surface area contributed by atoms with Gasteiger partial charge in [-0.2, -0.15) is 0 Å². The van der Waals surface area contributed by atoms with E-state index in [4.69, 9.17) is 21.0 Å². The van der Waals surface area contributed by atoms with E-state index in [1.165, 1.54) is 6.26 Å². The zero-order valence-corrected chi connectivity index (χ0v) is 7.03. The van der Waals surface area contributed by atoms with Crippen molar-refractivity contribution in [1.82, 2.24) is 0 Å². The van der Waals surface area contributed by atoms with Crippen molar-refractivity contribution in [1.29, 1.82) is 0 Å². The van der Waals surface area contributed by atoms with Crippen molar-refractivity contribution in [3.63, 3.8) is 0 Å². The predicted molar refractivity (Wildman–Crippen MR) is 46.4 cm³/mol. The summed E-state index contributed by atoms with van der Waals surface area (Å²) in [7, 11) is 0. The molecule has 3 nitrogen and oxygen atoms in total. The van der Waals surface area contributed by atoms with E-state index < -0.39 is 6.10 Å². The molecule has 12 heavy (non-hydrogen) atoms. The summed E-state index contributed by atoms with van der Waals surface area (Å²) in [4.78, 5) is 0. The summed E-state index contributed by atoms with van der Waals surface area (Å²) in [5.41, 5.74) is 0. The summed E-state index contributed by atoms with van der Waals surface area (Å²) < 4.78 is 9.82. The predicted octanol–water partition coefficient (Wildman–Crippen LogP) is 0.547. The first-order valence-electron chi connectivity index (χ1n) is 3.73. The number of ether oxygens (including phenoxy) is 2. The molecule has 1 unspecified atom stereocenters. The molecule has 1 atom stereocenters. The minimum absolute atomic E-state index is 0.255. The number of aliphatic hydroxyl groups excluding tert-OH is 1. The molecule has 0 rings (SSSR count). The molecule has 0 aromatic carbocycles. The highest BCUT2D eigenvalue weighted by atomic mass is 16.5. The SMILES string of the molecule is C#CCC(O)COCCOC=C. The second-order valence-corrected chi connectivity index (χ2v) is 2.17. The summed E-state index contributed by atoms with van der Waals surface area (Å²) in [6.45, 7) is 4.51. The van der Waals surface area contributed by atoms with E-state index in [0.29, 0.717) is 19.6 Å². The quantitative estimate of drug-likeness (QED) is 0.344. The van der Waals surface area contributed by atoms with Crippen molar-refractivity contribution >= 4 is 0 Å². The van der Waals surface area contributed by atoms with Crippen LogP contribution >= 0.6 is 0 Å². The van der Waals surface area contributed by atoms with Crippen molar-refractivity contribution in [2.45, 2.75) is 12.5 Å². The third-order valence-corrected chi connectivity index (χ3v) is 1.13. The summed E-state index contributed by atoms with van der Waals surface area (Å²) in [5, 5.41) is 9.08. The summed E-state index contributed by atoms with van der Waals surface area (Å²) >= 11 is 0. The van der Waals surface area contributed by atoms with Gasteiger partial charge in [0.2, 0.25) is 0 Å². The fourth-order valence-electron chi connectivity index (χ4n) is 0.605. The van der Waals surface area contributed by atoms with Crippen LogP contribution in [-0.2, 0) is 9.47 Å². The highest BCUT2D eigenvalue weighted by Crippen LogP contribution is 1.90. The minimum Gasteiger partial charge on any atom is -0.499 e. The molecule has 0 fully saturated rings. The van der Waals surface area contributed by atoms with Crippen molar-refractivity contribution in [2.75, 3.05) is 19.8 Å². The first-order valence-corrected chi connectivity index (χ1v) is 3.73. The van der Waals surface area contributed by atoms with E-state index in [2.05, 4.69) is 12.5 Å². The van der Waals surface area contributed by atoms with Gasteiger partial charge in [-0.25, -0.2) is 0 Å². The second kappa shape index (κ2) is 8.12. The minimum atomic E-state index is -0.571. The second-order valence-electron chi connectivity index (χ2n) is 2.17. The van der Waals surface area contributed by atoms with Crippen LogP contribution in [0.3, 0.4) is 0 Å². The first kappa shape index (κ1) is 11.0. The van der Waals surface area contributed by atoms with Gasteiger partial charge in [0.1, 0.15) is 6.61 Å². The van der Waals surface area contributed by atoms with E-state index in [0.717, 1.165) is 0 Å². The molecule has 0 radical (unpaired) electrons. The smallest absolute Gasteiger partial charge is 0.111 e. The number of terminal acetylenes is 1. The zero-order valence-electron chi connectivity index (χ0n) is 7.03. The van der Waals surface area contributed by atoms with E-state index in [9.17, 15) is 0 Å². The van der Waals surface area contributed by atoms with Crippen LogP contribution in [0.25, 0.3) is 0 Å². The van der Waals surface area contributed by atoms with Crippen LogP contribution in [0.2, 0.25) is 0 Å². The molecule has 0 aliphatic carbocycles. The van der Waals surface area contributed by atoms with Gasteiger partial charge >= 0.3 is 0 Å². The number of hydrogen-bond acceptors (Lipinski definition) is 3. The van der Waals surface area contributed by atoms with Crippen molar-refractivity contribution in [3.05, 3.63) is 12.8 Å². The number of aliphatic hydroxyl groups is 1. The Morgan fingerprint density at radius 2 is 2.33 bits per heavy atom. The van der Waals surface area contributed by atoms with E-state index in [1.807, 2.05) is 0 Å². The Morgan fingerprint density at radius 3 is 2.92 bits per heavy atom. The summed E-state index contributed by atoms with van der Waals surface area (Å²) in [5.74, 6) is 2.34. The molecule has 0 aromatic rings. The Balaban J connectivity index is 3.09. The normalized spacial score (nSPS) is 11.7. The molecule has 0 aliphatic heterocycles. The van der Waals surface area contributed by atoms with Crippen LogP contribution in [0.5, 0.6) is 0 Å². The Bertz CT molecular complexity index is 148.